The van der Waals surface area contributed by atoms with E-state index >= 15 is 0 Å². The van der Waals surface area contributed by atoms with E-state index in [0.29, 0.717) is 19.8 Å². The topological polar surface area (TPSA) is 77.4 Å². The van der Waals surface area contributed by atoms with Crippen LogP contribution in [0.4, 0.5) is 0 Å². The highest BCUT2D eigenvalue weighted by Gasteiger charge is 2.33. The summed E-state index contributed by atoms with van der Waals surface area (Å²) in [5.74, 6) is 3.05. The lowest BCUT2D eigenvalue weighted by Crippen LogP contribution is -2.50. The maximum Gasteiger partial charge on any atom is 0.225 e. The third kappa shape index (κ3) is 5.04. The summed E-state index contributed by atoms with van der Waals surface area (Å²) in [4.78, 5) is 21.6. The number of ether oxygens (including phenoxy) is 1. The van der Waals surface area contributed by atoms with E-state index in [4.69, 9.17) is 9.73 Å². The Hall–Kier alpha value is -0.990. The maximum atomic E-state index is 12.7. The van der Waals surface area contributed by atoms with Gasteiger partial charge in [-0.25, -0.2) is 0 Å². The lowest BCUT2D eigenvalue weighted by atomic mass is 9.95. The van der Waals surface area contributed by atoms with Gasteiger partial charge in [0.2, 0.25) is 5.91 Å². The summed E-state index contributed by atoms with van der Waals surface area (Å²) in [6, 6.07) is 0. The Morgan fingerprint density at radius 3 is 2.62 bits per heavy atom. The van der Waals surface area contributed by atoms with Crippen molar-refractivity contribution in [3.63, 3.8) is 0 Å². The normalized spacial score (nSPS) is 28.5. The summed E-state index contributed by atoms with van der Waals surface area (Å²) in [5, 5.41) is 13.9. The van der Waals surface area contributed by atoms with E-state index < -0.39 is 5.60 Å². The molecule has 148 valence electrons. The number of piperidine rings is 1. The van der Waals surface area contributed by atoms with Crippen LogP contribution in [0.25, 0.3) is 0 Å². The van der Waals surface area contributed by atoms with Crippen LogP contribution in [0, 0.1) is 5.92 Å². The van der Waals surface area contributed by atoms with Gasteiger partial charge in [-0.3, -0.25) is 9.79 Å². The average molecular weight is 385 g/mol. The van der Waals surface area contributed by atoms with Crippen LogP contribution >= 0.6 is 11.8 Å². The molecule has 0 bridgehead atoms. The molecule has 8 heteroatoms. The molecular formula is C18H32N4O3S. The zero-order valence-corrected chi connectivity index (χ0v) is 16.6. The van der Waals surface area contributed by atoms with Crippen molar-refractivity contribution in [1.29, 1.82) is 0 Å². The molecule has 1 amide bonds. The van der Waals surface area contributed by atoms with Gasteiger partial charge in [-0.2, -0.15) is 11.8 Å². The molecule has 7 nitrogen and oxygen atoms in total. The predicted molar refractivity (Wildman–Crippen MR) is 105 cm³/mol. The Kier molecular flexibility index (Phi) is 7.05. The number of aliphatic hydroxyl groups is 1. The van der Waals surface area contributed by atoms with Crippen molar-refractivity contribution in [2.75, 3.05) is 64.0 Å². The van der Waals surface area contributed by atoms with Crippen LogP contribution in [0.2, 0.25) is 0 Å². The zero-order valence-electron chi connectivity index (χ0n) is 15.8. The molecular weight excluding hydrogens is 352 g/mol. The van der Waals surface area contributed by atoms with E-state index in [1.54, 1.807) is 11.8 Å². The molecule has 1 atom stereocenters. The fraction of sp³-hybridized carbons (Fsp3) is 0.889. The second-order valence-electron chi connectivity index (χ2n) is 7.40. The van der Waals surface area contributed by atoms with Crippen molar-refractivity contribution in [1.82, 2.24) is 15.1 Å². The number of guanidine groups is 1. The number of carbonyl (C=O) groups excluding carboxylic acids is 1. The third-order valence-electron chi connectivity index (χ3n) is 5.41. The maximum absolute atomic E-state index is 12.7. The Labute approximate surface area is 160 Å². The van der Waals surface area contributed by atoms with Gasteiger partial charge in [-0.1, -0.05) is 0 Å². The van der Waals surface area contributed by atoms with E-state index in [2.05, 4.69) is 17.1 Å². The van der Waals surface area contributed by atoms with Crippen LogP contribution < -0.4 is 5.32 Å². The fourth-order valence-electron chi connectivity index (χ4n) is 3.75. The van der Waals surface area contributed by atoms with Crippen LogP contribution in [-0.4, -0.2) is 96.4 Å². The highest BCUT2D eigenvalue weighted by atomic mass is 32.2. The molecule has 0 aromatic heterocycles. The monoisotopic (exact) mass is 384 g/mol. The molecule has 0 aliphatic carbocycles. The van der Waals surface area contributed by atoms with Crippen LogP contribution in [0.1, 0.15) is 26.2 Å². The predicted octanol–water partition coefficient (Wildman–Crippen LogP) is 0.391. The first-order valence-electron chi connectivity index (χ1n) is 9.81. The first-order valence-corrected chi connectivity index (χ1v) is 11.0. The molecule has 26 heavy (non-hydrogen) atoms. The van der Waals surface area contributed by atoms with Gasteiger partial charge in [0.15, 0.2) is 5.96 Å². The van der Waals surface area contributed by atoms with Gasteiger partial charge in [-0.15, -0.1) is 0 Å². The van der Waals surface area contributed by atoms with E-state index in [9.17, 15) is 9.90 Å². The van der Waals surface area contributed by atoms with Crippen molar-refractivity contribution < 1.29 is 14.6 Å². The van der Waals surface area contributed by atoms with Crippen molar-refractivity contribution in [2.24, 2.45) is 10.9 Å². The van der Waals surface area contributed by atoms with Crippen molar-refractivity contribution in [3.8, 4) is 0 Å². The van der Waals surface area contributed by atoms with Gasteiger partial charge in [0, 0.05) is 44.4 Å². The van der Waals surface area contributed by atoms with E-state index in [0.717, 1.165) is 69.5 Å². The third-order valence-corrected chi connectivity index (χ3v) is 6.64. The van der Waals surface area contributed by atoms with Gasteiger partial charge in [0.05, 0.1) is 25.4 Å². The number of likely N-dealkylation sites (tertiary alicyclic amines) is 1. The largest absolute Gasteiger partial charge is 0.387 e. The average Bonchev–Trinajstić information content (AvgIpc) is 3.12. The number of carbonyl (C=O) groups is 1. The number of amides is 1. The highest BCUT2D eigenvalue weighted by Crippen LogP contribution is 2.28. The molecule has 0 saturated carbocycles. The molecule has 3 saturated heterocycles. The van der Waals surface area contributed by atoms with Gasteiger partial charge in [-0.05, 0) is 31.9 Å². The molecule has 1 unspecified atom stereocenters. The molecule has 0 aromatic rings. The number of thioether (sulfide) groups is 1. The number of nitrogens with zero attached hydrogens (tertiary/aromatic N) is 3. The van der Waals surface area contributed by atoms with Gasteiger partial charge in [0.25, 0.3) is 0 Å². The lowest BCUT2D eigenvalue weighted by Gasteiger charge is -2.37. The Balaban J connectivity index is 1.53. The number of morpholine rings is 1. The van der Waals surface area contributed by atoms with Crippen molar-refractivity contribution >= 4 is 23.6 Å². The van der Waals surface area contributed by atoms with E-state index in [1.165, 1.54) is 0 Å². The number of nitrogens with one attached hydrogen (secondary N) is 1. The van der Waals surface area contributed by atoms with E-state index in [1.807, 2.05) is 4.90 Å². The number of aliphatic imine (C=N–C) groups is 1. The highest BCUT2D eigenvalue weighted by molar-refractivity contribution is 7.99. The second-order valence-corrected chi connectivity index (χ2v) is 8.50. The lowest BCUT2D eigenvalue weighted by molar-refractivity contribution is -0.140. The van der Waals surface area contributed by atoms with Crippen LogP contribution in [0.3, 0.4) is 0 Å². The molecule has 0 spiro atoms. The second kappa shape index (κ2) is 9.28. The van der Waals surface area contributed by atoms with Gasteiger partial charge in [0.1, 0.15) is 0 Å². The summed E-state index contributed by atoms with van der Waals surface area (Å²) in [6.07, 6.45) is 2.54. The zero-order chi connectivity index (χ0) is 18.4. The molecule has 0 aromatic carbocycles. The van der Waals surface area contributed by atoms with Crippen LogP contribution in [-0.2, 0) is 9.53 Å². The Morgan fingerprint density at radius 2 is 2.00 bits per heavy atom. The number of rotatable bonds is 4. The molecule has 3 rings (SSSR count). The van der Waals surface area contributed by atoms with Crippen molar-refractivity contribution in [3.05, 3.63) is 0 Å². The van der Waals surface area contributed by atoms with Gasteiger partial charge >= 0.3 is 0 Å². The van der Waals surface area contributed by atoms with Crippen molar-refractivity contribution in [2.45, 2.75) is 31.8 Å². The van der Waals surface area contributed by atoms with Crippen LogP contribution in [0.15, 0.2) is 4.99 Å². The minimum absolute atomic E-state index is 0.114. The summed E-state index contributed by atoms with van der Waals surface area (Å²) in [7, 11) is 0. The quantitative estimate of drug-likeness (QED) is 0.539. The SMILES string of the molecule is CCNC(=NCC1(O)CCSC1)N1CCC(C(=O)N2CCOCC2)CC1. The molecule has 3 aliphatic heterocycles. The van der Waals surface area contributed by atoms with Gasteiger partial charge < -0.3 is 25.0 Å². The smallest absolute Gasteiger partial charge is 0.225 e. The van der Waals surface area contributed by atoms with E-state index in [-0.39, 0.29) is 11.8 Å². The molecule has 3 fully saturated rings. The molecule has 3 aliphatic rings. The molecule has 2 N–H and O–H groups in total. The summed E-state index contributed by atoms with van der Waals surface area (Å²) >= 11 is 1.79. The Bertz CT molecular complexity index is 497. The first-order chi connectivity index (χ1) is 12.6. The summed E-state index contributed by atoms with van der Waals surface area (Å²) in [5.41, 5.74) is -0.657. The number of hydrogen-bond acceptors (Lipinski definition) is 5. The first kappa shape index (κ1) is 19.8. The standard InChI is InChI=1S/C18H32N4O3S/c1-2-19-17(20-13-18(24)5-12-26-14-18)22-6-3-15(4-7-22)16(23)21-8-10-25-11-9-21/h15,24H,2-14H2,1H3,(H,19,20). The minimum Gasteiger partial charge on any atom is -0.387 e. The molecule has 0 radical (unpaired) electrons. The van der Waals surface area contributed by atoms with Crippen LogP contribution in [0.5, 0.6) is 0 Å². The fourth-order valence-corrected chi connectivity index (χ4v) is 5.03. The number of hydrogen-bond donors (Lipinski definition) is 2. The summed E-state index contributed by atoms with van der Waals surface area (Å²) in [6.45, 7) is 7.74. The minimum atomic E-state index is -0.657. The Morgan fingerprint density at radius 1 is 1.27 bits per heavy atom. The summed E-state index contributed by atoms with van der Waals surface area (Å²) < 4.78 is 5.34. The molecule has 3 heterocycles.